The molecule has 4 nitrogen and oxygen atoms in total. The third-order valence-corrected chi connectivity index (χ3v) is 5.58. The fourth-order valence-electron chi connectivity index (χ4n) is 3.13. The predicted molar refractivity (Wildman–Crippen MR) is 82.9 cm³/mol. The highest BCUT2D eigenvalue weighted by atomic mass is 79.9. The van der Waals surface area contributed by atoms with E-state index in [2.05, 4.69) is 33.3 Å². The van der Waals surface area contributed by atoms with E-state index < -0.39 is 0 Å². The highest BCUT2D eigenvalue weighted by Gasteiger charge is 2.36. The summed E-state index contributed by atoms with van der Waals surface area (Å²) in [5.74, 6) is 0. The summed E-state index contributed by atoms with van der Waals surface area (Å²) < 4.78 is 9.00. The van der Waals surface area contributed by atoms with Crippen LogP contribution in [0.4, 0.5) is 0 Å². The number of nitrogens with zero attached hydrogens (tertiary/aromatic N) is 2. The Kier molecular flexibility index (Phi) is 4.20. The maximum Gasteiger partial charge on any atom is 0.0738 e. The normalized spacial score (nSPS) is 26.9. The second-order valence-corrected chi connectivity index (χ2v) is 7.25. The van der Waals surface area contributed by atoms with Crippen LogP contribution in [0.2, 0.25) is 0 Å². The van der Waals surface area contributed by atoms with E-state index in [1.54, 1.807) is 0 Å². The van der Waals surface area contributed by atoms with Gasteiger partial charge in [0, 0.05) is 31.7 Å². The summed E-state index contributed by atoms with van der Waals surface area (Å²) >= 11 is 3.70. The van der Waals surface area contributed by atoms with Crippen molar-refractivity contribution in [1.29, 1.82) is 0 Å². The van der Waals surface area contributed by atoms with Crippen molar-refractivity contribution in [3.05, 3.63) is 15.9 Å². The Hall–Kier alpha value is -0.390. The molecule has 0 bridgehead atoms. The number of ether oxygens (including phenoxy) is 1. The first-order valence-electron chi connectivity index (χ1n) is 7.59. The minimum atomic E-state index is 0.226. The molecule has 1 aromatic rings. The van der Waals surface area contributed by atoms with Crippen molar-refractivity contribution in [3.63, 3.8) is 0 Å². The molecule has 1 aromatic heterocycles. The summed E-state index contributed by atoms with van der Waals surface area (Å²) in [6.45, 7) is 4.90. The average Bonchev–Trinajstić information content (AvgIpc) is 3.23. The van der Waals surface area contributed by atoms with Crippen molar-refractivity contribution in [2.75, 3.05) is 19.8 Å². The minimum Gasteiger partial charge on any atom is -0.381 e. The van der Waals surface area contributed by atoms with Crippen LogP contribution in [0.1, 0.15) is 37.1 Å². The number of aryl methyl sites for hydroxylation is 2. The van der Waals surface area contributed by atoms with Crippen molar-refractivity contribution in [1.82, 2.24) is 15.1 Å². The van der Waals surface area contributed by atoms with Crippen molar-refractivity contribution in [2.45, 2.75) is 45.1 Å². The molecule has 1 N–H and O–H groups in total. The van der Waals surface area contributed by atoms with Gasteiger partial charge in [-0.1, -0.05) is 0 Å². The van der Waals surface area contributed by atoms with E-state index in [9.17, 15) is 0 Å². The first-order valence-corrected chi connectivity index (χ1v) is 8.38. The third kappa shape index (κ3) is 3.10. The van der Waals surface area contributed by atoms with E-state index in [1.165, 1.54) is 31.4 Å². The summed E-state index contributed by atoms with van der Waals surface area (Å²) in [4.78, 5) is 0. The number of hydrogen-bond acceptors (Lipinski definition) is 3. The number of hydrogen-bond donors (Lipinski definition) is 1. The van der Waals surface area contributed by atoms with Crippen LogP contribution in [0, 0.1) is 12.3 Å². The van der Waals surface area contributed by atoms with E-state index in [0.29, 0.717) is 0 Å². The monoisotopic (exact) mass is 341 g/mol. The van der Waals surface area contributed by atoms with Gasteiger partial charge in [-0.2, -0.15) is 5.10 Å². The molecule has 112 valence electrons. The molecule has 2 fully saturated rings. The van der Waals surface area contributed by atoms with Gasteiger partial charge in [0.1, 0.15) is 0 Å². The molecule has 1 saturated carbocycles. The predicted octanol–water partition coefficient (Wildman–Crippen LogP) is 2.58. The SMILES string of the molecule is Cc1nn(C)c(CC2(CNC3CC3)CCCOC2)c1Br. The maximum absolute atomic E-state index is 5.81. The molecule has 20 heavy (non-hydrogen) atoms. The van der Waals surface area contributed by atoms with E-state index in [4.69, 9.17) is 4.74 Å². The van der Waals surface area contributed by atoms with Gasteiger partial charge in [-0.05, 0) is 55.0 Å². The fourth-order valence-corrected chi connectivity index (χ4v) is 3.60. The lowest BCUT2D eigenvalue weighted by Gasteiger charge is -2.37. The molecular formula is C15H24BrN3O. The molecule has 0 spiro atoms. The molecule has 3 rings (SSSR count). The second kappa shape index (κ2) is 5.78. The van der Waals surface area contributed by atoms with Gasteiger partial charge in [0.15, 0.2) is 0 Å². The second-order valence-electron chi connectivity index (χ2n) is 6.46. The van der Waals surface area contributed by atoms with Gasteiger partial charge < -0.3 is 10.1 Å². The van der Waals surface area contributed by atoms with E-state index >= 15 is 0 Å². The molecule has 5 heteroatoms. The molecule has 2 aliphatic rings. The van der Waals surface area contributed by atoms with Crippen LogP contribution in [0.3, 0.4) is 0 Å². The smallest absolute Gasteiger partial charge is 0.0738 e. The van der Waals surface area contributed by atoms with Crippen LogP contribution in [0.15, 0.2) is 4.47 Å². The van der Waals surface area contributed by atoms with Gasteiger partial charge in [0.25, 0.3) is 0 Å². The summed E-state index contributed by atoms with van der Waals surface area (Å²) in [5.41, 5.74) is 2.60. The van der Waals surface area contributed by atoms with Gasteiger partial charge in [-0.15, -0.1) is 0 Å². The molecule has 1 aliphatic heterocycles. The fraction of sp³-hybridized carbons (Fsp3) is 0.800. The molecule has 0 amide bonds. The standard InChI is InChI=1S/C15H24BrN3O/c1-11-14(16)13(19(2)18-11)8-15(6-3-7-20-10-15)9-17-12-4-5-12/h12,17H,3-10H2,1-2H3. The first kappa shape index (κ1) is 14.5. The topological polar surface area (TPSA) is 39.1 Å². The summed E-state index contributed by atoms with van der Waals surface area (Å²) in [7, 11) is 2.04. The van der Waals surface area contributed by atoms with Crippen LogP contribution in [0.25, 0.3) is 0 Å². The van der Waals surface area contributed by atoms with Crippen LogP contribution < -0.4 is 5.32 Å². The Labute approximate surface area is 129 Å². The largest absolute Gasteiger partial charge is 0.381 e. The lowest BCUT2D eigenvalue weighted by molar-refractivity contribution is -0.00832. The average molecular weight is 342 g/mol. The zero-order valence-corrected chi connectivity index (χ0v) is 14.0. The summed E-state index contributed by atoms with van der Waals surface area (Å²) in [6.07, 6.45) is 6.12. The van der Waals surface area contributed by atoms with Gasteiger partial charge in [-0.25, -0.2) is 0 Å². The minimum absolute atomic E-state index is 0.226. The van der Waals surface area contributed by atoms with Crippen molar-refractivity contribution in [2.24, 2.45) is 12.5 Å². The van der Waals surface area contributed by atoms with Crippen LogP contribution in [-0.2, 0) is 18.2 Å². The number of rotatable bonds is 5. The molecule has 2 heterocycles. The molecule has 1 aliphatic carbocycles. The summed E-state index contributed by atoms with van der Waals surface area (Å²) in [6, 6.07) is 0.755. The third-order valence-electron chi connectivity index (χ3n) is 4.55. The van der Waals surface area contributed by atoms with Crippen LogP contribution in [0.5, 0.6) is 0 Å². The zero-order valence-electron chi connectivity index (χ0n) is 12.4. The molecule has 0 radical (unpaired) electrons. The highest BCUT2D eigenvalue weighted by molar-refractivity contribution is 9.10. The van der Waals surface area contributed by atoms with Crippen molar-refractivity contribution in [3.8, 4) is 0 Å². The van der Waals surface area contributed by atoms with Crippen molar-refractivity contribution < 1.29 is 4.74 Å². The molecular weight excluding hydrogens is 318 g/mol. The van der Waals surface area contributed by atoms with Crippen LogP contribution in [-0.4, -0.2) is 35.6 Å². The molecule has 1 saturated heterocycles. The van der Waals surface area contributed by atoms with Crippen molar-refractivity contribution >= 4 is 15.9 Å². The van der Waals surface area contributed by atoms with Gasteiger partial charge >= 0.3 is 0 Å². The quantitative estimate of drug-likeness (QED) is 0.894. The van der Waals surface area contributed by atoms with E-state index in [-0.39, 0.29) is 5.41 Å². The number of aromatic nitrogens is 2. The molecule has 1 unspecified atom stereocenters. The Morgan fingerprint density at radius 2 is 2.30 bits per heavy atom. The Bertz CT molecular complexity index is 476. The van der Waals surface area contributed by atoms with E-state index in [1.807, 2.05) is 11.7 Å². The Balaban J connectivity index is 1.77. The maximum atomic E-state index is 5.81. The lowest BCUT2D eigenvalue weighted by Crippen LogP contribution is -2.43. The molecule has 0 aromatic carbocycles. The highest BCUT2D eigenvalue weighted by Crippen LogP contribution is 2.35. The zero-order chi connectivity index (χ0) is 14.2. The number of halogens is 1. The summed E-state index contributed by atoms with van der Waals surface area (Å²) in [5, 5.41) is 8.23. The van der Waals surface area contributed by atoms with Crippen LogP contribution >= 0.6 is 15.9 Å². The van der Waals surface area contributed by atoms with Gasteiger partial charge in [0.05, 0.1) is 22.5 Å². The van der Waals surface area contributed by atoms with Gasteiger partial charge in [-0.3, -0.25) is 4.68 Å². The van der Waals surface area contributed by atoms with Gasteiger partial charge in [0.2, 0.25) is 0 Å². The Morgan fingerprint density at radius 1 is 1.50 bits per heavy atom. The lowest BCUT2D eigenvalue weighted by atomic mass is 9.78. The van der Waals surface area contributed by atoms with E-state index in [0.717, 1.165) is 42.4 Å². The Morgan fingerprint density at radius 3 is 2.85 bits per heavy atom. The first-order chi connectivity index (χ1) is 9.60. The number of nitrogens with one attached hydrogen (secondary N) is 1. The molecule has 1 atom stereocenters.